The van der Waals surface area contributed by atoms with Crippen molar-refractivity contribution in [2.45, 2.75) is 46.0 Å². The molecule has 7 heteroatoms. The second kappa shape index (κ2) is 9.39. The number of urea groups is 1. The number of rotatable bonds is 6. The van der Waals surface area contributed by atoms with E-state index in [0.717, 1.165) is 24.1 Å². The quantitative estimate of drug-likeness (QED) is 0.775. The molecule has 0 unspecified atom stereocenters. The largest absolute Gasteiger partial charge is 0.360 e. The average Bonchev–Trinajstić information content (AvgIpc) is 3.08. The lowest BCUT2D eigenvalue weighted by Crippen LogP contribution is -2.43. The van der Waals surface area contributed by atoms with E-state index >= 15 is 0 Å². The molecule has 2 aromatic rings. The lowest BCUT2D eigenvalue weighted by atomic mass is 9.89. The first kappa shape index (κ1) is 19.9. The average molecular weight is 384 g/mol. The topological polar surface area (TPSA) is 87.5 Å². The Morgan fingerprint density at radius 3 is 2.46 bits per heavy atom. The van der Waals surface area contributed by atoms with Gasteiger partial charge in [0.25, 0.3) is 0 Å². The van der Waals surface area contributed by atoms with Crippen molar-refractivity contribution in [1.82, 2.24) is 10.1 Å². The van der Waals surface area contributed by atoms with E-state index in [0.29, 0.717) is 24.0 Å². The first-order valence-corrected chi connectivity index (χ1v) is 9.85. The fourth-order valence-corrected chi connectivity index (χ4v) is 3.52. The normalized spacial score (nSPS) is 14.5. The zero-order valence-electron chi connectivity index (χ0n) is 16.5. The van der Waals surface area contributed by atoms with Gasteiger partial charge in [0, 0.05) is 18.3 Å². The second-order valence-corrected chi connectivity index (χ2v) is 7.55. The molecule has 3 amide bonds. The Hall–Kier alpha value is -2.83. The van der Waals surface area contributed by atoms with Crippen LogP contribution in [0.2, 0.25) is 0 Å². The van der Waals surface area contributed by atoms with Crippen LogP contribution in [0, 0.1) is 19.8 Å². The molecule has 3 rings (SSSR count). The molecule has 150 valence electrons. The van der Waals surface area contributed by atoms with Crippen LogP contribution in [0.3, 0.4) is 0 Å². The molecular weight excluding hydrogens is 356 g/mol. The van der Waals surface area contributed by atoms with Crippen LogP contribution in [0.5, 0.6) is 0 Å². The first-order valence-electron chi connectivity index (χ1n) is 9.85. The number of aryl methyl sites for hydroxylation is 2. The third kappa shape index (κ3) is 5.84. The number of hydrogen-bond acceptors (Lipinski definition) is 4. The van der Waals surface area contributed by atoms with Crippen LogP contribution in [0.4, 0.5) is 16.3 Å². The summed E-state index contributed by atoms with van der Waals surface area (Å²) >= 11 is 0. The van der Waals surface area contributed by atoms with Crippen molar-refractivity contribution in [3.63, 3.8) is 0 Å². The van der Waals surface area contributed by atoms with Gasteiger partial charge < -0.3 is 20.1 Å². The van der Waals surface area contributed by atoms with Crippen molar-refractivity contribution < 1.29 is 14.1 Å². The summed E-state index contributed by atoms with van der Waals surface area (Å²) in [6.45, 7) is 4.30. The number of aromatic nitrogens is 1. The van der Waals surface area contributed by atoms with Crippen LogP contribution >= 0.6 is 0 Å². The van der Waals surface area contributed by atoms with Crippen molar-refractivity contribution in [2.24, 2.45) is 5.92 Å². The van der Waals surface area contributed by atoms with Crippen molar-refractivity contribution in [1.29, 1.82) is 0 Å². The minimum atomic E-state index is -0.289. The maximum Gasteiger partial charge on any atom is 0.322 e. The van der Waals surface area contributed by atoms with E-state index in [9.17, 15) is 9.59 Å². The van der Waals surface area contributed by atoms with E-state index in [1.807, 2.05) is 31.2 Å². The molecule has 0 saturated heterocycles. The molecule has 0 atom stereocenters. The highest BCUT2D eigenvalue weighted by atomic mass is 16.5. The summed E-state index contributed by atoms with van der Waals surface area (Å²) < 4.78 is 4.97. The predicted molar refractivity (Wildman–Crippen MR) is 108 cm³/mol. The molecule has 1 fully saturated rings. The summed E-state index contributed by atoms with van der Waals surface area (Å²) in [5.41, 5.74) is 1.84. The number of nitrogens with zero attached hydrogens (tertiary/aromatic N) is 2. The summed E-state index contributed by atoms with van der Waals surface area (Å²) in [5, 5.41) is 9.37. The van der Waals surface area contributed by atoms with E-state index in [1.165, 1.54) is 19.3 Å². The van der Waals surface area contributed by atoms with Crippen molar-refractivity contribution >= 4 is 23.4 Å². The van der Waals surface area contributed by atoms with Crippen LogP contribution in [0.15, 0.2) is 34.9 Å². The number of carbonyl (C=O) groups is 2. The molecule has 1 heterocycles. The minimum Gasteiger partial charge on any atom is -0.360 e. The number of anilines is 2. The van der Waals surface area contributed by atoms with Gasteiger partial charge in [-0.2, -0.15) is 0 Å². The molecule has 1 aromatic carbocycles. The van der Waals surface area contributed by atoms with E-state index < -0.39 is 0 Å². The lowest BCUT2D eigenvalue weighted by Gasteiger charge is -2.29. The Labute approximate surface area is 165 Å². The Morgan fingerprint density at radius 1 is 1.11 bits per heavy atom. The Balaban J connectivity index is 1.65. The van der Waals surface area contributed by atoms with E-state index in [-0.39, 0.29) is 18.5 Å². The number of nitrogens with one attached hydrogen (secondary N) is 2. The molecule has 7 nitrogen and oxygen atoms in total. The highest BCUT2D eigenvalue weighted by Gasteiger charge is 2.23. The fourth-order valence-electron chi connectivity index (χ4n) is 3.52. The molecule has 2 N–H and O–H groups in total. The van der Waals surface area contributed by atoms with Crippen molar-refractivity contribution in [3.05, 3.63) is 41.7 Å². The number of benzene rings is 1. The van der Waals surface area contributed by atoms with Crippen LogP contribution in [-0.4, -0.2) is 35.1 Å². The Bertz CT molecular complexity index is 794. The summed E-state index contributed by atoms with van der Waals surface area (Å²) in [6, 6.07) is 9.01. The highest BCUT2D eigenvalue weighted by Crippen LogP contribution is 2.24. The molecular formula is C21H28N4O3. The van der Waals surface area contributed by atoms with Crippen LogP contribution in [0.25, 0.3) is 0 Å². The molecule has 1 aromatic heterocycles. The van der Waals surface area contributed by atoms with Gasteiger partial charge in [0.05, 0.1) is 0 Å². The zero-order valence-corrected chi connectivity index (χ0v) is 16.5. The van der Waals surface area contributed by atoms with Gasteiger partial charge in [-0.15, -0.1) is 0 Å². The monoisotopic (exact) mass is 384 g/mol. The van der Waals surface area contributed by atoms with Gasteiger partial charge in [-0.05, 0) is 44.7 Å². The number of amides is 3. The van der Waals surface area contributed by atoms with Crippen molar-refractivity contribution in [3.8, 4) is 0 Å². The van der Waals surface area contributed by atoms with Crippen LogP contribution in [-0.2, 0) is 4.79 Å². The maximum atomic E-state index is 12.9. The first-order chi connectivity index (χ1) is 13.5. The zero-order chi connectivity index (χ0) is 19.9. The van der Waals surface area contributed by atoms with Gasteiger partial charge in [-0.25, -0.2) is 4.79 Å². The standard InChI is InChI=1S/C21H28N4O3/c1-15-8-10-18(11-9-15)22-21(27)25(13-17-6-4-3-5-7-17)14-20(26)23-19-12-16(2)28-24-19/h8-12,17H,3-7,13-14H2,1-2H3,(H,22,27)(H,23,24,26). The van der Waals surface area contributed by atoms with Gasteiger partial charge in [-0.1, -0.05) is 42.1 Å². The predicted octanol–water partition coefficient (Wildman–Crippen LogP) is 4.34. The summed E-state index contributed by atoms with van der Waals surface area (Å²) in [6.07, 6.45) is 5.81. The lowest BCUT2D eigenvalue weighted by molar-refractivity contribution is -0.116. The summed E-state index contributed by atoms with van der Waals surface area (Å²) in [5.74, 6) is 1.12. The minimum absolute atomic E-state index is 0.0277. The molecule has 0 bridgehead atoms. The molecule has 1 saturated carbocycles. The SMILES string of the molecule is Cc1ccc(NC(=O)N(CC(=O)Nc2cc(C)on2)CC2CCCCC2)cc1. The van der Waals surface area contributed by atoms with Crippen molar-refractivity contribution in [2.75, 3.05) is 23.7 Å². The van der Waals surface area contributed by atoms with E-state index in [1.54, 1.807) is 17.9 Å². The van der Waals surface area contributed by atoms with Gasteiger partial charge in [0.1, 0.15) is 12.3 Å². The van der Waals surface area contributed by atoms with Gasteiger partial charge in [0.15, 0.2) is 5.82 Å². The fraction of sp³-hybridized carbons (Fsp3) is 0.476. The second-order valence-electron chi connectivity index (χ2n) is 7.55. The molecule has 0 radical (unpaired) electrons. The van der Waals surface area contributed by atoms with Crippen LogP contribution < -0.4 is 10.6 Å². The van der Waals surface area contributed by atoms with Crippen LogP contribution in [0.1, 0.15) is 43.4 Å². The molecule has 0 aliphatic heterocycles. The third-order valence-electron chi connectivity index (χ3n) is 5.02. The number of hydrogen-bond donors (Lipinski definition) is 2. The van der Waals surface area contributed by atoms with Gasteiger partial charge in [-0.3, -0.25) is 4.79 Å². The highest BCUT2D eigenvalue weighted by molar-refractivity contribution is 5.96. The van der Waals surface area contributed by atoms with E-state index in [2.05, 4.69) is 15.8 Å². The third-order valence-corrected chi connectivity index (χ3v) is 5.02. The van der Waals surface area contributed by atoms with Gasteiger partial charge >= 0.3 is 6.03 Å². The Kier molecular flexibility index (Phi) is 6.68. The smallest absolute Gasteiger partial charge is 0.322 e. The number of carbonyl (C=O) groups excluding carboxylic acids is 2. The summed E-state index contributed by atoms with van der Waals surface area (Å²) in [7, 11) is 0. The molecule has 1 aliphatic carbocycles. The molecule has 28 heavy (non-hydrogen) atoms. The van der Waals surface area contributed by atoms with E-state index in [4.69, 9.17) is 4.52 Å². The molecule has 0 spiro atoms. The van der Waals surface area contributed by atoms with Gasteiger partial charge in [0.2, 0.25) is 5.91 Å². The molecule has 1 aliphatic rings. The maximum absolute atomic E-state index is 12.9. The summed E-state index contributed by atoms with van der Waals surface area (Å²) in [4.78, 5) is 26.9. The Morgan fingerprint density at radius 2 is 1.82 bits per heavy atom.